The van der Waals surface area contributed by atoms with E-state index in [1.54, 1.807) is 12.2 Å². The zero-order chi connectivity index (χ0) is 18.3. The lowest BCUT2D eigenvalue weighted by Gasteiger charge is -2.28. The van der Waals surface area contributed by atoms with Crippen LogP contribution in [0.4, 0.5) is 4.79 Å². The molecule has 136 valence electrons. The normalized spacial score (nSPS) is 20.4. The third kappa shape index (κ3) is 13.8. The van der Waals surface area contributed by atoms with Crippen molar-refractivity contribution in [2.45, 2.75) is 59.1 Å². The van der Waals surface area contributed by atoms with E-state index >= 15 is 0 Å². The van der Waals surface area contributed by atoms with E-state index in [-0.39, 0.29) is 5.76 Å². The number of carbonyl (C=O) groups is 1. The minimum atomic E-state index is -0.403. The Bertz CT molecular complexity index is 349. The molecule has 0 aromatic heterocycles. The zero-order valence-electron chi connectivity index (χ0n) is 15.2. The van der Waals surface area contributed by atoms with E-state index in [4.69, 9.17) is 15.9 Å². The number of amides is 2. The fourth-order valence-corrected chi connectivity index (χ4v) is 1.95. The summed E-state index contributed by atoms with van der Waals surface area (Å²) in [6.07, 6.45) is 6.81. The Kier molecular flexibility index (Phi) is 15.9. The maximum Gasteiger partial charge on any atom is 0.312 e. The summed E-state index contributed by atoms with van der Waals surface area (Å²) in [5, 5.41) is 20.2. The van der Waals surface area contributed by atoms with Crippen LogP contribution in [0, 0.1) is 0 Å². The third-order valence-electron chi connectivity index (χ3n) is 3.12. The summed E-state index contributed by atoms with van der Waals surface area (Å²) in [6, 6.07) is -0.108. The quantitative estimate of drug-likeness (QED) is 0.594. The first-order valence-corrected chi connectivity index (χ1v) is 8.47. The molecule has 0 saturated carbocycles. The molecule has 0 bridgehead atoms. The van der Waals surface area contributed by atoms with Crippen molar-refractivity contribution in [3.63, 3.8) is 0 Å². The van der Waals surface area contributed by atoms with Gasteiger partial charge in [0.2, 0.25) is 0 Å². The van der Waals surface area contributed by atoms with Crippen LogP contribution in [0.1, 0.15) is 47.0 Å². The number of hydrogen-bond donors (Lipinski definition) is 4. The van der Waals surface area contributed by atoms with E-state index in [1.165, 1.54) is 6.08 Å². The zero-order valence-corrected chi connectivity index (χ0v) is 15.2. The maximum absolute atomic E-state index is 10.4. The maximum atomic E-state index is 10.4. The highest BCUT2D eigenvalue weighted by Gasteiger charge is 2.16. The first-order valence-electron chi connectivity index (χ1n) is 8.47. The van der Waals surface area contributed by atoms with Gasteiger partial charge in [0.25, 0.3) is 0 Å². The summed E-state index contributed by atoms with van der Waals surface area (Å²) in [6.45, 7) is 10.1. The van der Waals surface area contributed by atoms with Crippen molar-refractivity contribution in [3.8, 4) is 0 Å². The Morgan fingerprint density at radius 2 is 1.78 bits per heavy atom. The van der Waals surface area contributed by atoms with Crippen LogP contribution in [0.2, 0.25) is 0 Å². The van der Waals surface area contributed by atoms with Gasteiger partial charge in [-0.1, -0.05) is 33.8 Å². The molecule has 6 nitrogen and oxygen atoms in total. The number of rotatable bonds is 1. The van der Waals surface area contributed by atoms with Crippen molar-refractivity contribution in [1.82, 2.24) is 10.2 Å². The molecule has 1 aliphatic carbocycles. The van der Waals surface area contributed by atoms with Crippen LogP contribution in [0.5, 0.6) is 0 Å². The highest BCUT2D eigenvalue weighted by Crippen LogP contribution is 2.07. The van der Waals surface area contributed by atoms with Crippen LogP contribution in [-0.2, 0) is 0 Å². The number of carbonyl (C=O) groups excluding carboxylic acids is 1. The molecule has 1 saturated heterocycles. The standard InChI is InChI=1S/C7H15N3O.C6H8O2.2C2H6/c1-10-4-2-6(3-5-10)9-7(8)11;7-5-1-2-6(8)4-3-5;2*1-2/h6H,2-5H2,1H3,(H3,8,9,11);1-3,6-8H,4H2;2*1-2H3. The SMILES string of the molecule is CC.CC.CN1CCC(NC(N)=O)CC1.OC1=CCC(O)C=C1. The van der Waals surface area contributed by atoms with Gasteiger partial charge in [0, 0.05) is 6.04 Å². The molecular formula is C17H35N3O3. The number of hydrogen-bond acceptors (Lipinski definition) is 4. The third-order valence-corrected chi connectivity index (χ3v) is 3.12. The van der Waals surface area contributed by atoms with Crippen molar-refractivity contribution < 1.29 is 15.0 Å². The largest absolute Gasteiger partial charge is 0.508 e. The Morgan fingerprint density at radius 1 is 1.26 bits per heavy atom. The van der Waals surface area contributed by atoms with Gasteiger partial charge in [0.1, 0.15) is 5.76 Å². The number of urea groups is 1. The molecule has 0 aromatic carbocycles. The predicted octanol–water partition coefficient (Wildman–Crippen LogP) is 2.55. The summed E-state index contributed by atoms with van der Waals surface area (Å²) in [5.74, 6) is 0.246. The lowest BCUT2D eigenvalue weighted by atomic mass is 10.1. The fourth-order valence-electron chi connectivity index (χ4n) is 1.95. The van der Waals surface area contributed by atoms with Crippen LogP contribution in [0.3, 0.4) is 0 Å². The van der Waals surface area contributed by atoms with E-state index in [0.29, 0.717) is 12.5 Å². The second-order valence-corrected chi connectivity index (χ2v) is 4.88. The van der Waals surface area contributed by atoms with Gasteiger partial charge in [-0.2, -0.15) is 0 Å². The van der Waals surface area contributed by atoms with Gasteiger partial charge in [-0.05, 0) is 51.6 Å². The molecule has 5 N–H and O–H groups in total. The van der Waals surface area contributed by atoms with Crippen molar-refractivity contribution in [3.05, 3.63) is 24.0 Å². The second kappa shape index (κ2) is 15.4. The number of allylic oxidation sites excluding steroid dienone is 1. The number of nitrogens with zero attached hydrogens (tertiary/aromatic N) is 1. The molecule has 0 aromatic rings. The average molecular weight is 329 g/mol. The molecule has 2 rings (SSSR count). The van der Waals surface area contributed by atoms with Crippen LogP contribution in [0.15, 0.2) is 24.0 Å². The van der Waals surface area contributed by atoms with E-state index in [0.717, 1.165) is 25.9 Å². The monoisotopic (exact) mass is 329 g/mol. The molecule has 1 aliphatic heterocycles. The number of piperidine rings is 1. The number of primary amides is 1. The molecule has 1 fully saturated rings. The van der Waals surface area contributed by atoms with Crippen LogP contribution in [-0.4, -0.2) is 53.4 Å². The molecule has 23 heavy (non-hydrogen) atoms. The molecule has 0 spiro atoms. The lowest BCUT2D eigenvalue weighted by molar-refractivity contribution is 0.219. The average Bonchev–Trinajstić information content (AvgIpc) is 2.56. The van der Waals surface area contributed by atoms with E-state index < -0.39 is 12.1 Å². The van der Waals surface area contributed by atoms with Gasteiger partial charge in [0.05, 0.1) is 6.10 Å². The number of aliphatic hydroxyl groups is 2. The molecule has 1 heterocycles. The Balaban J connectivity index is 0. The summed E-state index contributed by atoms with van der Waals surface area (Å²) in [7, 11) is 2.08. The predicted molar refractivity (Wildman–Crippen MR) is 96.4 cm³/mol. The summed E-state index contributed by atoms with van der Waals surface area (Å²) in [4.78, 5) is 12.7. The topological polar surface area (TPSA) is 98.8 Å². The number of aliphatic hydroxyl groups excluding tert-OH is 2. The number of nitrogens with one attached hydrogen (secondary N) is 1. The van der Waals surface area contributed by atoms with E-state index in [2.05, 4.69) is 17.3 Å². The highest BCUT2D eigenvalue weighted by atomic mass is 16.3. The van der Waals surface area contributed by atoms with Gasteiger partial charge in [-0.3, -0.25) is 0 Å². The smallest absolute Gasteiger partial charge is 0.312 e. The second-order valence-electron chi connectivity index (χ2n) is 4.88. The molecule has 1 atom stereocenters. The van der Waals surface area contributed by atoms with E-state index in [9.17, 15) is 4.79 Å². The summed E-state index contributed by atoms with van der Waals surface area (Å²) < 4.78 is 0. The fraction of sp³-hybridized carbons (Fsp3) is 0.706. The van der Waals surface area contributed by atoms with Crippen LogP contribution < -0.4 is 11.1 Å². The molecule has 2 amide bonds. The van der Waals surface area contributed by atoms with Crippen molar-refractivity contribution in [2.24, 2.45) is 5.73 Å². The first kappa shape index (κ1) is 23.7. The lowest BCUT2D eigenvalue weighted by Crippen LogP contribution is -2.45. The van der Waals surface area contributed by atoms with E-state index in [1.807, 2.05) is 27.7 Å². The summed E-state index contributed by atoms with van der Waals surface area (Å²) >= 11 is 0. The number of likely N-dealkylation sites (tertiary alicyclic amines) is 1. The first-order chi connectivity index (χ1) is 11.0. The minimum Gasteiger partial charge on any atom is -0.508 e. The van der Waals surface area contributed by atoms with Gasteiger partial charge >= 0.3 is 6.03 Å². The van der Waals surface area contributed by atoms with Gasteiger partial charge in [0.15, 0.2) is 0 Å². The summed E-state index contributed by atoms with van der Waals surface area (Å²) in [5.41, 5.74) is 4.99. The molecule has 6 heteroatoms. The van der Waals surface area contributed by atoms with Gasteiger partial charge in [-0.25, -0.2) is 4.79 Å². The molecule has 2 aliphatic rings. The highest BCUT2D eigenvalue weighted by molar-refractivity contribution is 5.71. The Labute approximate surface area is 141 Å². The molecule has 0 radical (unpaired) electrons. The van der Waals surface area contributed by atoms with Crippen LogP contribution in [0.25, 0.3) is 0 Å². The Morgan fingerprint density at radius 3 is 2.13 bits per heavy atom. The van der Waals surface area contributed by atoms with Gasteiger partial charge in [-0.15, -0.1) is 0 Å². The molecular weight excluding hydrogens is 294 g/mol. The van der Waals surface area contributed by atoms with Crippen molar-refractivity contribution in [2.75, 3.05) is 20.1 Å². The minimum absolute atomic E-state index is 0.246. The van der Waals surface area contributed by atoms with Crippen LogP contribution >= 0.6 is 0 Å². The molecule has 1 unspecified atom stereocenters. The Hall–Kier alpha value is -1.53. The van der Waals surface area contributed by atoms with Gasteiger partial charge < -0.3 is 26.2 Å². The van der Waals surface area contributed by atoms with Crippen molar-refractivity contribution >= 4 is 6.03 Å². The number of nitrogens with two attached hydrogens (primary N) is 1. The van der Waals surface area contributed by atoms with Crippen molar-refractivity contribution in [1.29, 1.82) is 0 Å².